The van der Waals surface area contributed by atoms with Crippen LogP contribution in [-0.2, 0) is 30.7 Å². The van der Waals surface area contributed by atoms with E-state index in [9.17, 15) is 36.0 Å². The van der Waals surface area contributed by atoms with Crippen molar-refractivity contribution in [1.82, 2.24) is 5.32 Å². The van der Waals surface area contributed by atoms with Crippen LogP contribution in [0.3, 0.4) is 0 Å². The molecule has 1 saturated heterocycles. The number of amides is 2. The Balaban J connectivity index is 1.72. The van der Waals surface area contributed by atoms with E-state index in [4.69, 9.17) is 9.47 Å². The summed E-state index contributed by atoms with van der Waals surface area (Å²) in [5.41, 5.74) is -1.46. The molecule has 0 aliphatic carbocycles. The Bertz CT molecular complexity index is 1530. The average molecular weight is 659 g/mol. The molecule has 2 aromatic carbocycles. The van der Waals surface area contributed by atoms with Crippen LogP contribution in [0.1, 0.15) is 62.4 Å². The highest BCUT2D eigenvalue weighted by Gasteiger charge is 2.40. The predicted molar refractivity (Wildman–Crippen MR) is 153 cm³/mol. The second-order valence-corrected chi connectivity index (χ2v) is 13.9. The van der Waals surface area contributed by atoms with Gasteiger partial charge in [0.2, 0.25) is 0 Å². The fourth-order valence-corrected chi connectivity index (χ4v) is 6.72. The van der Waals surface area contributed by atoms with Gasteiger partial charge in [-0.15, -0.1) is 13.2 Å². The van der Waals surface area contributed by atoms with Gasteiger partial charge in [0.05, 0.1) is 28.4 Å². The van der Waals surface area contributed by atoms with Crippen LogP contribution in [0.5, 0.6) is 5.75 Å². The summed E-state index contributed by atoms with van der Waals surface area (Å²) >= 11 is 0. The van der Waals surface area contributed by atoms with Gasteiger partial charge < -0.3 is 24.4 Å². The molecule has 1 atom stereocenters. The first-order valence-corrected chi connectivity index (χ1v) is 15.9. The number of sulfone groups is 1. The SMILES string of the molecule is CC(C)(C)OC(=O)N[C@H]1CS(=O)(=O)c2cc(F)c(C(=O)CCC3CCOCC3)cc2N(Cc2ccc(OC(F)(F)F)cc2)C1=O. The lowest BCUT2D eigenvalue weighted by Gasteiger charge is -2.27. The van der Waals surface area contributed by atoms with Crippen molar-refractivity contribution in [2.75, 3.05) is 23.9 Å². The maximum absolute atomic E-state index is 15.4. The van der Waals surface area contributed by atoms with E-state index in [1.54, 1.807) is 20.8 Å². The highest BCUT2D eigenvalue weighted by Crippen LogP contribution is 2.35. The molecule has 246 valence electrons. The summed E-state index contributed by atoms with van der Waals surface area (Å²) in [6.07, 6.45) is -4.07. The number of ether oxygens (including phenoxy) is 3. The maximum atomic E-state index is 15.4. The normalized spacial score (nSPS) is 19.0. The first kappa shape index (κ1) is 34.2. The van der Waals surface area contributed by atoms with Crippen LogP contribution < -0.4 is 15.0 Å². The maximum Gasteiger partial charge on any atom is 0.573 e. The van der Waals surface area contributed by atoms with Gasteiger partial charge in [-0.05, 0) is 75.8 Å². The van der Waals surface area contributed by atoms with Crippen molar-refractivity contribution < 1.29 is 54.6 Å². The van der Waals surface area contributed by atoms with Gasteiger partial charge in [0.25, 0.3) is 5.91 Å². The van der Waals surface area contributed by atoms with Gasteiger partial charge in [0.1, 0.15) is 23.2 Å². The van der Waals surface area contributed by atoms with Crippen molar-refractivity contribution in [1.29, 1.82) is 0 Å². The monoisotopic (exact) mass is 658 g/mol. The Morgan fingerprint density at radius 2 is 1.71 bits per heavy atom. The zero-order valence-corrected chi connectivity index (χ0v) is 25.7. The van der Waals surface area contributed by atoms with E-state index >= 15 is 4.39 Å². The lowest BCUT2D eigenvalue weighted by molar-refractivity contribution is -0.274. The number of carbonyl (C=O) groups excluding carboxylic acids is 3. The van der Waals surface area contributed by atoms with Crippen LogP contribution in [-0.4, -0.2) is 63.2 Å². The number of anilines is 1. The fraction of sp³-hybridized carbons (Fsp3) is 0.500. The molecule has 0 bridgehead atoms. The molecule has 1 fully saturated rings. The minimum absolute atomic E-state index is 0.0233. The number of hydrogen-bond acceptors (Lipinski definition) is 8. The summed E-state index contributed by atoms with van der Waals surface area (Å²) in [6.45, 7) is 5.41. The third-order valence-corrected chi connectivity index (χ3v) is 9.00. The molecule has 1 N–H and O–H groups in total. The van der Waals surface area contributed by atoms with E-state index in [1.165, 1.54) is 12.1 Å². The summed E-state index contributed by atoms with van der Waals surface area (Å²) in [4.78, 5) is 40.0. The van der Waals surface area contributed by atoms with Crippen molar-refractivity contribution in [2.45, 2.75) is 75.9 Å². The summed E-state index contributed by atoms with van der Waals surface area (Å²) in [6, 6.07) is 4.48. The quantitative estimate of drug-likeness (QED) is 0.298. The first-order valence-electron chi connectivity index (χ1n) is 14.2. The van der Waals surface area contributed by atoms with Gasteiger partial charge in [-0.2, -0.15) is 0 Å². The van der Waals surface area contributed by atoms with E-state index in [-0.39, 0.29) is 23.6 Å². The molecule has 15 heteroatoms. The topological polar surface area (TPSA) is 128 Å². The predicted octanol–water partition coefficient (Wildman–Crippen LogP) is 5.33. The zero-order chi connectivity index (χ0) is 33.2. The second kappa shape index (κ2) is 13.3. The van der Waals surface area contributed by atoms with Crippen molar-refractivity contribution in [3.63, 3.8) is 0 Å². The Labute approximate surface area is 257 Å². The third kappa shape index (κ3) is 9.16. The molecule has 0 unspecified atom stereocenters. The van der Waals surface area contributed by atoms with E-state index in [2.05, 4.69) is 10.1 Å². The van der Waals surface area contributed by atoms with Crippen LogP contribution in [0.4, 0.5) is 28.0 Å². The lowest BCUT2D eigenvalue weighted by Crippen LogP contribution is -2.51. The molecular formula is C30H34F4N2O8S. The molecule has 10 nitrogen and oxygen atoms in total. The minimum Gasteiger partial charge on any atom is -0.444 e. The standard InChI is InChI=1S/C30H34F4N2O8S/c1-29(2,3)44-28(39)35-23-17-45(40,41)26-15-22(31)21(25(37)9-6-18-10-12-42-13-11-18)14-24(26)36(27(23)38)16-19-4-7-20(8-5-19)43-30(32,33)34/h4-5,7-8,14-15,18,23H,6,9-13,16-17H2,1-3H3,(H,35,39)/t23-/m0/s1. The molecule has 0 spiro atoms. The number of benzene rings is 2. The van der Waals surface area contributed by atoms with E-state index in [0.29, 0.717) is 25.7 Å². The lowest BCUT2D eigenvalue weighted by atomic mass is 9.92. The average Bonchev–Trinajstić information content (AvgIpc) is 2.99. The van der Waals surface area contributed by atoms with Crippen LogP contribution >= 0.6 is 0 Å². The molecular weight excluding hydrogens is 624 g/mol. The molecule has 2 aliphatic heterocycles. The van der Waals surface area contributed by atoms with Crippen LogP contribution in [0.15, 0.2) is 41.3 Å². The summed E-state index contributed by atoms with van der Waals surface area (Å²) in [5, 5.41) is 2.27. The van der Waals surface area contributed by atoms with E-state index < -0.39 is 79.9 Å². The number of nitrogens with one attached hydrogen (secondary N) is 1. The number of alkyl carbamates (subject to hydrolysis) is 1. The Hall–Kier alpha value is -3.72. The largest absolute Gasteiger partial charge is 0.573 e. The molecule has 0 radical (unpaired) electrons. The molecule has 45 heavy (non-hydrogen) atoms. The Kier molecular flexibility index (Phi) is 10.1. The molecule has 0 saturated carbocycles. The molecule has 2 aliphatic rings. The van der Waals surface area contributed by atoms with Gasteiger partial charge in [0, 0.05) is 19.6 Å². The fourth-order valence-electron chi connectivity index (χ4n) is 5.10. The van der Waals surface area contributed by atoms with Crippen LogP contribution in [0.25, 0.3) is 0 Å². The Morgan fingerprint density at radius 3 is 2.31 bits per heavy atom. The number of Topliss-reactive ketones (excluding diaryl/α,β-unsaturated/α-hetero) is 1. The minimum atomic E-state index is -4.94. The summed E-state index contributed by atoms with van der Waals surface area (Å²) < 4.78 is 94.8. The summed E-state index contributed by atoms with van der Waals surface area (Å²) in [7, 11) is -4.44. The van der Waals surface area contributed by atoms with Crippen LogP contribution in [0, 0.1) is 11.7 Å². The van der Waals surface area contributed by atoms with Crippen molar-refractivity contribution >= 4 is 33.3 Å². The van der Waals surface area contributed by atoms with Crippen molar-refractivity contribution in [2.24, 2.45) is 5.92 Å². The zero-order valence-electron chi connectivity index (χ0n) is 24.9. The van der Waals surface area contributed by atoms with Gasteiger partial charge in [-0.25, -0.2) is 17.6 Å². The molecule has 2 heterocycles. The Morgan fingerprint density at radius 1 is 1.07 bits per heavy atom. The number of rotatable bonds is 8. The number of hydrogen-bond donors (Lipinski definition) is 1. The summed E-state index contributed by atoms with van der Waals surface area (Å²) in [5.74, 6) is -3.87. The highest BCUT2D eigenvalue weighted by molar-refractivity contribution is 7.91. The molecule has 4 rings (SSSR count). The number of halogens is 4. The number of fused-ring (bicyclic) bond motifs is 1. The molecule has 2 aromatic rings. The molecule has 0 aromatic heterocycles. The van der Waals surface area contributed by atoms with Crippen LogP contribution in [0.2, 0.25) is 0 Å². The number of carbonyl (C=O) groups is 3. The van der Waals surface area contributed by atoms with E-state index in [0.717, 1.165) is 35.9 Å². The number of nitrogens with zero attached hydrogens (tertiary/aromatic N) is 1. The van der Waals surface area contributed by atoms with Gasteiger partial charge >= 0.3 is 12.5 Å². The first-order chi connectivity index (χ1) is 20.9. The smallest absolute Gasteiger partial charge is 0.444 e. The second-order valence-electron chi connectivity index (χ2n) is 11.9. The number of ketones is 1. The third-order valence-electron chi connectivity index (χ3n) is 7.23. The van der Waals surface area contributed by atoms with E-state index in [1.807, 2.05) is 0 Å². The van der Waals surface area contributed by atoms with Crippen molar-refractivity contribution in [3.05, 3.63) is 53.3 Å². The van der Waals surface area contributed by atoms with Gasteiger partial charge in [0.15, 0.2) is 15.6 Å². The number of alkyl halides is 3. The van der Waals surface area contributed by atoms with Crippen molar-refractivity contribution in [3.8, 4) is 5.75 Å². The molecule has 2 amide bonds. The highest BCUT2D eigenvalue weighted by atomic mass is 32.2. The van der Waals surface area contributed by atoms with Gasteiger partial charge in [-0.3, -0.25) is 9.59 Å². The van der Waals surface area contributed by atoms with Gasteiger partial charge in [-0.1, -0.05) is 12.1 Å².